The predicted octanol–water partition coefficient (Wildman–Crippen LogP) is 5.21. The highest BCUT2D eigenvalue weighted by molar-refractivity contribution is 6.65. The highest BCUT2D eigenvalue weighted by atomic mass is 16.7. The standard InChI is InChI=1S/C28H36BNO5/c1-8-32-26(31)17-21-11-9-10-12-25(21)33-18-20-15-23(29-34-27(4,5)28(6,7)35-29)22-13-14-30(19(2)3)24(22)16-20/h9-16,19H,8,17-18H2,1-7H3. The maximum absolute atomic E-state index is 12.0. The number of rotatable bonds is 8. The van der Waals surface area contributed by atoms with Gasteiger partial charge in [0.2, 0.25) is 0 Å². The molecule has 1 aliphatic heterocycles. The van der Waals surface area contributed by atoms with Crippen LogP contribution in [0.15, 0.2) is 48.7 Å². The van der Waals surface area contributed by atoms with Gasteiger partial charge in [-0.3, -0.25) is 4.79 Å². The van der Waals surface area contributed by atoms with Crippen molar-refractivity contribution in [1.29, 1.82) is 0 Å². The fourth-order valence-corrected chi connectivity index (χ4v) is 4.37. The summed E-state index contributed by atoms with van der Waals surface area (Å²) in [6.07, 6.45) is 2.29. The quantitative estimate of drug-likeness (QED) is 0.330. The summed E-state index contributed by atoms with van der Waals surface area (Å²) in [5, 5.41) is 1.11. The molecule has 0 unspecified atom stereocenters. The molecule has 1 fully saturated rings. The minimum atomic E-state index is -0.471. The van der Waals surface area contributed by atoms with Gasteiger partial charge in [-0.1, -0.05) is 24.3 Å². The van der Waals surface area contributed by atoms with Crippen LogP contribution in [0.5, 0.6) is 5.75 Å². The van der Waals surface area contributed by atoms with Gasteiger partial charge in [-0.15, -0.1) is 0 Å². The van der Waals surface area contributed by atoms with Crippen molar-refractivity contribution in [2.45, 2.75) is 78.7 Å². The minimum absolute atomic E-state index is 0.179. The van der Waals surface area contributed by atoms with Gasteiger partial charge in [-0.2, -0.15) is 0 Å². The van der Waals surface area contributed by atoms with Crippen LogP contribution >= 0.6 is 0 Å². The second-order valence-corrected chi connectivity index (χ2v) is 10.4. The van der Waals surface area contributed by atoms with E-state index in [1.165, 1.54) is 0 Å². The smallest absolute Gasteiger partial charge is 0.489 e. The normalized spacial score (nSPS) is 16.7. The van der Waals surface area contributed by atoms with Crippen molar-refractivity contribution in [3.05, 3.63) is 59.8 Å². The predicted molar refractivity (Wildman–Crippen MR) is 139 cm³/mol. The van der Waals surface area contributed by atoms with Gasteiger partial charge in [0, 0.05) is 23.3 Å². The second kappa shape index (κ2) is 9.71. The van der Waals surface area contributed by atoms with E-state index in [1.54, 1.807) is 6.92 Å². The molecular weight excluding hydrogens is 441 g/mol. The molecule has 0 saturated carbocycles. The van der Waals surface area contributed by atoms with Crippen molar-refractivity contribution < 1.29 is 23.6 Å². The summed E-state index contributed by atoms with van der Waals surface area (Å²) in [6, 6.07) is 14.3. The third kappa shape index (κ3) is 5.12. The molecule has 6 nitrogen and oxygen atoms in total. The molecule has 35 heavy (non-hydrogen) atoms. The Kier molecular flexibility index (Phi) is 7.03. The van der Waals surface area contributed by atoms with E-state index in [1.807, 2.05) is 24.3 Å². The molecule has 0 radical (unpaired) electrons. The average molecular weight is 477 g/mol. The van der Waals surface area contributed by atoms with Gasteiger partial charge in [-0.25, -0.2) is 0 Å². The van der Waals surface area contributed by atoms with E-state index in [0.717, 1.165) is 27.5 Å². The lowest BCUT2D eigenvalue weighted by Crippen LogP contribution is -2.41. The number of hydrogen-bond donors (Lipinski definition) is 0. The lowest BCUT2D eigenvalue weighted by atomic mass is 9.76. The molecule has 0 bridgehead atoms. The van der Waals surface area contributed by atoms with Crippen molar-refractivity contribution >= 4 is 29.5 Å². The molecule has 0 amide bonds. The summed E-state index contributed by atoms with van der Waals surface area (Å²) in [5.74, 6) is 0.417. The van der Waals surface area contributed by atoms with Crippen molar-refractivity contribution in [1.82, 2.24) is 4.57 Å². The third-order valence-corrected chi connectivity index (χ3v) is 7.00. The van der Waals surface area contributed by atoms with Crippen LogP contribution in [0.1, 0.15) is 65.6 Å². The zero-order valence-corrected chi connectivity index (χ0v) is 21.9. The molecule has 1 aromatic heterocycles. The van der Waals surface area contributed by atoms with Gasteiger partial charge in [0.25, 0.3) is 0 Å². The molecule has 0 N–H and O–H groups in total. The van der Waals surface area contributed by atoms with Crippen LogP contribution in [-0.4, -0.2) is 35.5 Å². The zero-order chi connectivity index (χ0) is 25.4. The van der Waals surface area contributed by atoms with Gasteiger partial charge in [0.1, 0.15) is 12.4 Å². The van der Waals surface area contributed by atoms with Crippen LogP contribution in [0.4, 0.5) is 0 Å². The van der Waals surface area contributed by atoms with E-state index in [2.05, 4.69) is 70.5 Å². The average Bonchev–Trinajstić information content (AvgIpc) is 3.30. The summed E-state index contributed by atoms with van der Waals surface area (Å²) in [4.78, 5) is 12.0. The van der Waals surface area contributed by atoms with Crippen molar-refractivity contribution in [3.8, 4) is 5.75 Å². The molecule has 3 aromatic rings. The van der Waals surface area contributed by atoms with Crippen molar-refractivity contribution in [3.63, 3.8) is 0 Å². The molecule has 1 saturated heterocycles. The van der Waals surface area contributed by atoms with Gasteiger partial charge >= 0.3 is 13.1 Å². The summed E-state index contributed by atoms with van der Waals surface area (Å²) >= 11 is 0. The summed E-state index contributed by atoms with van der Waals surface area (Å²) in [5.41, 5.74) is 3.08. The Balaban J connectivity index is 1.67. The molecule has 186 valence electrons. The maximum atomic E-state index is 12.0. The van der Waals surface area contributed by atoms with E-state index >= 15 is 0 Å². The van der Waals surface area contributed by atoms with Crippen molar-refractivity contribution in [2.75, 3.05) is 6.61 Å². The van der Waals surface area contributed by atoms with E-state index in [0.29, 0.717) is 25.0 Å². The zero-order valence-electron chi connectivity index (χ0n) is 21.9. The lowest BCUT2D eigenvalue weighted by Gasteiger charge is -2.32. The van der Waals surface area contributed by atoms with Gasteiger partial charge in [-0.05, 0) is 83.1 Å². The fourth-order valence-electron chi connectivity index (χ4n) is 4.37. The molecule has 2 heterocycles. The third-order valence-electron chi connectivity index (χ3n) is 7.00. The highest BCUT2D eigenvalue weighted by Gasteiger charge is 2.52. The maximum Gasteiger partial charge on any atom is 0.495 e. The summed E-state index contributed by atoms with van der Waals surface area (Å²) < 4.78 is 26.4. The SMILES string of the molecule is CCOC(=O)Cc1ccccc1OCc1cc(B2OC(C)(C)C(C)(C)O2)c2ccn(C(C)C)c2c1. The molecule has 0 aliphatic carbocycles. The molecule has 0 spiro atoms. The molecular formula is C28H36BNO5. The monoisotopic (exact) mass is 477 g/mol. The number of fused-ring (bicyclic) bond motifs is 1. The first-order chi connectivity index (χ1) is 16.5. The number of hydrogen-bond acceptors (Lipinski definition) is 5. The Morgan fingerprint density at radius 1 is 1.06 bits per heavy atom. The Morgan fingerprint density at radius 2 is 1.74 bits per heavy atom. The largest absolute Gasteiger partial charge is 0.495 e. The van der Waals surface area contributed by atoms with E-state index in [4.69, 9.17) is 18.8 Å². The Bertz CT molecular complexity index is 1200. The number of aromatic nitrogens is 1. The molecule has 4 rings (SSSR count). The number of ether oxygens (including phenoxy) is 2. The molecule has 2 aromatic carbocycles. The Labute approximate surface area is 208 Å². The van der Waals surface area contributed by atoms with Crippen LogP contribution in [0.25, 0.3) is 10.9 Å². The van der Waals surface area contributed by atoms with Crippen LogP contribution < -0.4 is 10.2 Å². The number of benzene rings is 2. The van der Waals surface area contributed by atoms with Crippen molar-refractivity contribution in [2.24, 2.45) is 0 Å². The van der Waals surface area contributed by atoms with Crippen LogP contribution in [0, 0.1) is 0 Å². The second-order valence-electron chi connectivity index (χ2n) is 10.4. The highest BCUT2D eigenvalue weighted by Crippen LogP contribution is 2.37. The number of nitrogens with zero attached hydrogens (tertiary/aromatic N) is 1. The minimum Gasteiger partial charge on any atom is -0.489 e. The fraction of sp³-hybridized carbons (Fsp3) is 0.464. The first kappa shape index (κ1) is 25.3. The Hall–Kier alpha value is -2.77. The number of para-hydroxylation sites is 1. The van der Waals surface area contributed by atoms with Crippen LogP contribution in [-0.2, 0) is 31.9 Å². The van der Waals surface area contributed by atoms with E-state index in [9.17, 15) is 4.79 Å². The summed E-state index contributed by atoms with van der Waals surface area (Å²) in [6.45, 7) is 15.1. The number of esters is 1. The van der Waals surface area contributed by atoms with E-state index < -0.39 is 18.3 Å². The number of carbonyl (C=O) groups is 1. The Morgan fingerprint density at radius 3 is 2.40 bits per heavy atom. The van der Waals surface area contributed by atoms with E-state index in [-0.39, 0.29) is 12.4 Å². The van der Waals surface area contributed by atoms with Gasteiger partial charge in [0.05, 0.1) is 24.2 Å². The topological polar surface area (TPSA) is 58.9 Å². The van der Waals surface area contributed by atoms with Gasteiger partial charge < -0.3 is 23.3 Å². The van der Waals surface area contributed by atoms with Gasteiger partial charge in [0.15, 0.2) is 0 Å². The van der Waals surface area contributed by atoms with Crippen LogP contribution in [0.3, 0.4) is 0 Å². The lowest BCUT2D eigenvalue weighted by molar-refractivity contribution is -0.142. The molecule has 0 atom stereocenters. The molecule has 1 aliphatic rings. The first-order valence-corrected chi connectivity index (χ1v) is 12.4. The first-order valence-electron chi connectivity index (χ1n) is 12.4. The molecule has 7 heteroatoms. The number of carbonyl (C=O) groups excluding carboxylic acids is 1. The van der Waals surface area contributed by atoms with Crippen LogP contribution in [0.2, 0.25) is 0 Å². The summed E-state index contributed by atoms with van der Waals surface area (Å²) in [7, 11) is -0.471.